The number of carbonyl (C=O) groups excluding carboxylic acids is 2. The van der Waals surface area contributed by atoms with E-state index in [1.54, 1.807) is 12.1 Å². The average molecular weight is 1220 g/mol. The highest BCUT2D eigenvalue weighted by atomic mass is 35.7. The molecule has 0 unspecified atom stereocenters. The van der Waals surface area contributed by atoms with Crippen LogP contribution in [-0.2, 0) is 75.9 Å². The number of nitrogens with two attached hydrogens (primary N) is 1. The van der Waals surface area contributed by atoms with Gasteiger partial charge < -0.3 is 20.3 Å². The van der Waals surface area contributed by atoms with Gasteiger partial charge in [-0.05, 0) is 106 Å². The molecular formula is C59H92ClNO15S4. The number of benzene rings is 3. The van der Waals surface area contributed by atoms with Crippen LogP contribution in [0.5, 0.6) is 0 Å². The fourth-order valence-corrected chi connectivity index (χ4v) is 15.9. The van der Waals surface area contributed by atoms with Gasteiger partial charge in [-0.3, -0.25) is 18.9 Å². The van der Waals surface area contributed by atoms with Gasteiger partial charge >= 0.3 is 17.9 Å². The lowest BCUT2D eigenvalue weighted by Gasteiger charge is -2.24. The zero-order chi connectivity index (χ0) is 60.1. The molecule has 0 bridgehead atoms. The van der Waals surface area contributed by atoms with Gasteiger partial charge in [0.05, 0.1) is 44.0 Å². The fourth-order valence-electron chi connectivity index (χ4n) is 9.64. The third-order valence-corrected chi connectivity index (χ3v) is 21.5. The fraction of sp³-hybridized carbons (Fsp3) is 0.644. The first kappa shape index (κ1) is 72.2. The van der Waals surface area contributed by atoms with E-state index in [2.05, 4.69) is 0 Å². The lowest BCUT2D eigenvalue weighted by molar-refractivity contribution is -0.150. The minimum atomic E-state index is -4.02. The summed E-state index contributed by atoms with van der Waals surface area (Å²) in [6.07, 6.45) is 15.2. The molecule has 16 nitrogen and oxygen atoms in total. The van der Waals surface area contributed by atoms with Crippen LogP contribution in [0.4, 0.5) is 0 Å². The molecule has 3 aromatic carbocycles. The monoisotopic (exact) mass is 1220 g/mol. The number of carbonyl (C=O) groups is 3. The summed E-state index contributed by atoms with van der Waals surface area (Å²) >= 11 is 0. The molecule has 3 aromatic rings. The third kappa shape index (κ3) is 30.4. The maximum atomic E-state index is 12.7. The predicted molar refractivity (Wildman–Crippen MR) is 317 cm³/mol. The summed E-state index contributed by atoms with van der Waals surface area (Å²) in [6.45, 7) is 14.2. The molecule has 6 rings (SSSR count). The second kappa shape index (κ2) is 36.6. The first-order valence-corrected chi connectivity index (χ1v) is 35.5. The van der Waals surface area contributed by atoms with Crippen molar-refractivity contribution in [2.75, 3.05) is 11.5 Å². The number of hydrogen-bond acceptors (Lipinski definition) is 14. The highest BCUT2D eigenvalue weighted by Crippen LogP contribution is 2.29. The number of halogens is 1. The Morgan fingerprint density at radius 3 is 1.21 bits per heavy atom. The Balaban J connectivity index is 0.000000355. The minimum absolute atomic E-state index is 0.0666. The van der Waals surface area contributed by atoms with Crippen LogP contribution in [0.25, 0.3) is 0 Å². The van der Waals surface area contributed by atoms with E-state index in [0.717, 1.165) is 100 Å². The van der Waals surface area contributed by atoms with Crippen molar-refractivity contribution >= 4 is 67.4 Å². The molecule has 0 radical (unpaired) electrons. The number of aliphatic carboxylic acids is 1. The summed E-state index contributed by atoms with van der Waals surface area (Å²) in [7, 11) is -8.60. The number of carboxylic acids is 1. The number of hydrogen-bond donors (Lipinski definition) is 3. The van der Waals surface area contributed by atoms with Crippen LogP contribution in [0.15, 0.2) is 89.8 Å². The van der Waals surface area contributed by atoms with E-state index < -0.39 is 68.7 Å². The van der Waals surface area contributed by atoms with E-state index in [4.69, 9.17) is 35.5 Å². The zero-order valence-electron chi connectivity index (χ0n) is 48.1. The molecule has 0 saturated heterocycles. The molecule has 21 heteroatoms. The summed E-state index contributed by atoms with van der Waals surface area (Å²) < 4.78 is 112. The second-order valence-corrected chi connectivity index (χ2v) is 31.6. The van der Waals surface area contributed by atoms with Crippen molar-refractivity contribution in [3.05, 3.63) is 102 Å². The molecule has 0 amide bonds. The van der Waals surface area contributed by atoms with Crippen LogP contribution in [0, 0.1) is 36.5 Å². The van der Waals surface area contributed by atoms with Gasteiger partial charge in [0.15, 0.2) is 19.7 Å². The summed E-state index contributed by atoms with van der Waals surface area (Å²) in [5.74, 6) is -2.44. The van der Waals surface area contributed by atoms with Crippen LogP contribution >= 0.6 is 10.7 Å². The van der Waals surface area contributed by atoms with E-state index in [9.17, 15) is 48.1 Å². The van der Waals surface area contributed by atoms with Gasteiger partial charge in [0, 0.05) is 10.7 Å². The standard InChI is InChI=1S/C20H30O4S.C13H19NO2.C13H24O4S.C7H8O3S.C6H11ClO2S/c1-16(2)13-18(15-25(22,23)19-11-7-4-8-12-19)20(21)24-14-17-9-5-3-6-10-17;1-10(2)8-12(14)13(15)16-9-11-6-4-3-5-7-11;1-10(2)8-11(13(14)15)9-18(16,17)12-6-4-3-5-7-12;1-6-2-4-7(5-3-6)11(8,9)10;7-10(8,9)6-4-2-1-3-5-6/h3,5-6,9-10,16,18-19H,4,7-8,11-15H2,1-2H3;3-7,10,12H,8-9,14H2,1-2H3;10-12H,3-9H2,1-2H3,(H,14,15);2-5H,1H3,(H,8,9,10);6H,1-5H2/t18-;12-;11-;;/m101../s1. The zero-order valence-corrected chi connectivity index (χ0v) is 52.1. The van der Waals surface area contributed by atoms with Crippen LogP contribution < -0.4 is 5.73 Å². The largest absolute Gasteiger partial charge is 0.481 e. The lowest BCUT2D eigenvalue weighted by Crippen LogP contribution is -2.33. The number of sulfone groups is 2. The van der Waals surface area contributed by atoms with Gasteiger partial charge in [0.2, 0.25) is 9.05 Å². The quantitative estimate of drug-likeness (QED) is 0.0508. The normalized spacial score (nSPS) is 16.9. The van der Waals surface area contributed by atoms with Gasteiger partial charge in [0.1, 0.15) is 19.3 Å². The Hall–Kier alpha value is -3.92. The van der Waals surface area contributed by atoms with Gasteiger partial charge in [-0.1, -0.05) is 178 Å². The highest BCUT2D eigenvalue weighted by molar-refractivity contribution is 8.14. The van der Waals surface area contributed by atoms with Crippen molar-refractivity contribution in [1.82, 2.24) is 0 Å². The van der Waals surface area contributed by atoms with Crippen molar-refractivity contribution in [3.8, 4) is 0 Å². The Morgan fingerprint density at radius 2 is 0.875 bits per heavy atom. The Kier molecular flexibility index (Phi) is 33.0. The Morgan fingerprint density at radius 1 is 0.525 bits per heavy atom. The first-order chi connectivity index (χ1) is 37.4. The molecule has 3 aliphatic carbocycles. The molecule has 3 fully saturated rings. The lowest BCUT2D eigenvalue weighted by atomic mass is 9.99. The van der Waals surface area contributed by atoms with Crippen molar-refractivity contribution < 1.29 is 67.2 Å². The number of ether oxygens (including phenoxy) is 2. The molecule has 3 saturated carbocycles. The molecule has 454 valence electrons. The van der Waals surface area contributed by atoms with Crippen molar-refractivity contribution in [1.29, 1.82) is 0 Å². The molecule has 4 N–H and O–H groups in total. The predicted octanol–water partition coefficient (Wildman–Crippen LogP) is 11.9. The van der Waals surface area contributed by atoms with Gasteiger partial charge in [0.25, 0.3) is 10.1 Å². The van der Waals surface area contributed by atoms with Crippen LogP contribution in [0.3, 0.4) is 0 Å². The molecule has 80 heavy (non-hydrogen) atoms. The average Bonchev–Trinajstić information content (AvgIpc) is 3.40. The molecule has 0 aliphatic heterocycles. The van der Waals surface area contributed by atoms with Gasteiger partial charge in [-0.2, -0.15) is 8.42 Å². The van der Waals surface area contributed by atoms with Crippen molar-refractivity contribution in [3.63, 3.8) is 0 Å². The van der Waals surface area contributed by atoms with Crippen LogP contribution in [0.2, 0.25) is 0 Å². The molecule has 3 atom stereocenters. The SMILES string of the molecule is CC(C)C[C@H](CS(=O)(=O)C1CCCCC1)C(=O)O.CC(C)C[C@H](CS(=O)(=O)C1CCCCC1)C(=O)OCc1ccccc1.CC(C)C[C@H](N)C(=O)OCc1ccccc1.Cc1ccc(S(=O)(=O)O)cc1.O=S(=O)(Cl)C1CCCCC1. The molecular weight excluding hydrogens is 1130 g/mol. The smallest absolute Gasteiger partial charge is 0.323 e. The summed E-state index contributed by atoms with van der Waals surface area (Å²) in [5.41, 5.74) is 8.55. The molecule has 0 heterocycles. The van der Waals surface area contributed by atoms with Gasteiger partial charge in [-0.25, -0.2) is 25.3 Å². The van der Waals surface area contributed by atoms with Crippen LogP contribution in [0.1, 0.15) is 174 Å². The summed E-state index contributed by atoms with van der Waals surface area (Å²) in [5, 5.41) is 8.27. The number of aryl methyl sites for hydroxylation is 1. The van der Waals surface area contributed by atoms with E-state index >= 15 is 0 Å². The highest BCUT2D eigenvalue weighted by Gasteiger charge is 2.35. The molecule has 0 spiro atoms. The second-order valence-electron chi connectivity index (χ2n) is 22.6. The minimum Gasteiger partial charge on any atom is -0.481 e. The van der Waals surface area contributed by atoms with Crippen LogP contribution in [-0.4, -0.2) is 94.5 Å². The maximum absolute atomic E-state index is 12.7. The number of rotatable bonds is 21. The number of carboxylic acid groups (broad SMARTS) is 1. The van der Waals surface area contributed by atoms with Gasteiger partial charge in [-0.15, -0.1) is 0 Å². The van der Waals surface area contributed by atoms with E-state index in [1.165, 1.54) is 12.1 Å². The Labute approximate surface area is 484 Å². The van der Waals surface area contributed by atoms with E-state index in [0.29, 0.717) is 44.6 Å². The number of esters is 2. The maximum Gasteiger partial charge on any atom is 0.323 e. The molecule has 3 aliphatic rings. The van der Waals surface area contributed by atoms with Crippen molar-refractivity contribution in [2.24, 2.45) is 35.3 Å². The Bertz CT molecular complexity index is 2710. The van der Waals surface area contributed by atoms with E-state index in [-0.39, 0.29) is 56.6 Å². The third-order valence-electron chi connectivity index (χ3n) is 13.9. The first-order valence-electron chi connectivity index (χ1n) is 28.2. The topological polar surface area (TPSA) is 273 Å². The summed E-state index contributed by atoms with van der Waals surface area (Å²) in [6, 6.07) is 24.5. The van der Waals surface area contributed by atoms with E-state index in [1.807, 2.05) is 109 Å². The summed E-state index contributed by atoms with van der Waals surface area (Å²) in [4.78, 5) is 35.1. The van der Waals surface area contributed by atoms with Crippen molar-refractivity contribution in [2.45, 2.75) is 204 Å². The molecule has 0 aromatic heterocycles.